The number of nitrogens with zero attached hydrogens (tertiary/aromatic N) is 3. The number of ether oxygens (including phenoxy) is 2. The van der Waals surface area contributed by atoms with Crippen LogP contribution in [0.15, 0.2) is 18.2 Å². The third kappa shape index (κ3) is 5.54. The van der Waals surface area contributed by atoms with Gasteiger partial charge in [0.15, 0.2) is 0 Å². The summed E-state index contributed by atoms with van der Waals surface area (Å²) in [5.41, 5.74) is 1.68. The van der Waals surface area contributed by atoms with Crippen LogP contribution in [0.3, 0.4) is 0 Å². The van der Waals surface area contributed by atoms with Gasteiger partial charge in [0.1, 0.15) is 11.6 Å². The Morgan fingerprint density at radius 3 is 2.78 bits per heavy atom. The van der Waals surface area contributed by atoms with Crippen LogP contribution in [0.25, 0.3) is 0 Å². The van der Waals surface area contributed by atoms with E-state index in [1.165, 1.54) is 0 Å². The molecule has 1 aromatic heterocycles. The minimum Gasteiger partial charge on any atom is -0.491 e. The minimum absolute atomic E-state index is 0.375. The van der Waals surface area contributed by atoms with Crippen molar-refractivity contribution in [2.75, 3.05) is 48.4 Å². The Morgan fingerprint density at radius 2 is 2.11 bits per heavy atom. The highest BCUT2D eigenvalue weighted by Gasteiger charge is 2.16. The lowest BCUT2D eigenvalue weighted by Gasteiger charge is -2.29. The maximum Gasteiger partial charge on any atom is 0.325 e. The molecule has 1 aliphatic heterocycles. The number of nitrogens with one attached hydrogen (secondary N) is 2. The lowest BCUT2D eigenvalue weighted by atomic mass is 10.2. The van der Waals surface area contributed by atoms with Crippen LogP contribution >= 0.6 is 11.5 Å². The lowest BCUT2D eigenvalue weighted by molar-refractivity contribution is 0.122. The van der Waals surface area contributed by atoms with Gasteiger partial charge in [-0.15, -0.1) is 0 Å². The third-order valence-corrected chi connectivity index (χ3v) is 4.63. The van der Waals surface area contributed by atoms with Crippen LogP contribution in [0.1, 0.15) is 19.7 Å². The maximum atomic E-state index is 12.3. The van der Waals surface area contributed by atoms with Gasteiger partial charge in [-0.25, -0.2) is 9.78 Å². The maximum absolute atomic E-state index is 12.3. The number of aryl methyl sites for hydroxylation is 1. The van der Waals surface area contributed by atoms with Gasteiger partial charge in [-0.3, -0.25) is 5.32 Å². The van der Waals surface area contributed by atoms with Crippen molar-refractivity contribution in [3.05, 3.63) is 24.0 Å². The van der Waals surface area contributed by atoms with E-state index in [1.54, 1.807) is 6.92 Å². The Bertz CT molecular complexity index is 774. The molecule has 2 heterocycles. The van der Waals surface area contributed by atoms with Crippen molar-refractivity contribution in [2.24, 2.45) is 5.92 Å². The van der Waals surface area contributed by atoms with E-state index in [4.69, 9.17) is 9.47 Å². The monoisotopic (exact) mass is 391 g/mol. The second-order valence-electron chi connectivity index (χ2n) is 6.71. The molecule has 2 aromatic rings. The van der Waals surface area contributed by atoms with Gasteiger partial charge in [0.2, 0.25) is 5.13 Å². The first kappa shape index (κ1) is 19.4. The molecule has 27 heavy (non-hydrogen) atoms. The van der Waals surface area contributed by atoms with Crippen LogP contribution in [0, 0.1) is 12.8 Å². The van der Waals surface area contributed by atoms with Crippen molar-refractivity contribution >= 4 is 34.1 Å². The van der Waals surface area contributed by atoms with E-state index in [-0.39, 0.29) is 6.03 Å². The first-order valence-corrected chi connectivity index (χ1v) is 9.76. The van der Waals surface area contributed by atoms with Crippen molar-refractivity contribution in [2.45, 2.75) is 20.8 Å². The second-order valence-corrected chi connectivity index (χ2v) is 7.46. The van der Waals surface area contributed by atoms with Gasteiger partial charge < -0.3 is 19.7 Å². The molecular weight excluding hydrogens is 366 g/mol. The Morgan fingerprint density at radius 1 is 1.33 bits per heavy atom. The van der Waals surface area contributed by atoms with Crippen molar-refractivity contribution in [3.8, 4) is 5.75 Å². The smallest absolute Gasteiger partial charge is 0.325 e. The molecule has 146 valence electrons. The van der Waals surface area contributed by atoms with E-state index in [2.05, 4.69) is 38.7 Å². The minimum atomic E-state index is -0.375. The number of carbonyl (C=O) groups excluding carboxylic acids is 1. The summed E-state index contributed by atoms with van der Waals surface area (Å²) >= 11 is 1.15. The number of hydrogen-bond acceptors (Lipinski definition) is 7. The van der Waals surface area contributed by atoms with Crippen LogP contribution in [0.5, 0.6) is 5.75 Å². The molecule has 1 saturated heterocycles. The molecule has 0 aliphatic carbocycles. The molecular formula is C18H25N5O3S. The van der Waals surface area contributed by atoms with Gasteiger partial charge in [0.05, 0.1) is 25.5 Å². The molecule has 0 bridgehead atoms. The molecule has 2 amide bonds. The fourth-order valence-corrected chi connectivity index (χ4v) is 3.18. The Hall–Kier alpha value is -2.39. The molecule has 0 radical (unpaired) electrons. The van der Waals surface area contributed by atoms with Gasteiger partial charge in [0, 0.05) is 36.4 Å². The zero-order valence-electron chi connectivity index (χ0n) is 15.8. The molecule has 0 saturated carbocycles. The summed E-state index contributed by atoms with van der Waals surface area (Å²) in [6.45, 7) is 9.63. The summed E-state index contributed by atoms with van der Waals surface area (Å²) in [6.07, 6.45) is 0. The highest BCUT2D eigenvalue weighted by Crippen LogP contribution is 2.31. The van der Waals surface area contributed by atoms with Crippen LogP contribution < -0.4 is 20.3 Å². The van der Waals surface area contributed by atoms with E-state index in [1.807, 2.05) is 18.2 Å². The van der Waals surface area contributed by atoms with Gasteiger partial charge in [0.25, 0.3) is 0 Å². The molecule has 1 aliphatic rings. The van der Waals surface area contributed by atoms with E-state index in [9.17, 15) is 4.79 Å². The number of anilines is 3. The summed E-state index contributed by atoms with van der Waals surface area (Å²) in [5.74, 6) is 1.66. The molecule has 2 N–H and O–H groups in total. The molecule has 0 spiro atoms. The number of carbonyl (C=O) groups is 1. The third-order valence-electron chi connectivity index (χ3n) is 3.91. The molecule has 3 rings (SSSR count). The molecule has 0 unspecified atom stereocenters. The fraction of sp³-hybridized carbons (Fsp3) is 0.500. The standard InChI is InChI=1S/C18H25N5O3S/c1-12(2)11-26-16-10-14(23-6-8-25-9-7-23)4-5-15(16)20-17(24)21-18-19-13(3)22-27-18/h4-5,10,12H,6-9,11H2,1-3H3,(H2,19,20,21,22,24). The van der Waals surface area contributed by atoms with Crippen LogP contribution in [-0.4, -0.2) is 48.3 Å². The van der Waals surface area contributed by atoms with E-state index in [0.717, 1.165) is 30.3 Å². The molecule has 9 heteroatoms. The Balaban J connectivity index is 1.74. The van der Waals surface area contributed by atoms with Gasteiger partial charge >= 0.3 is 6.03 Å². The van der Waals surface area contributed by atoms with E-state index in [0.29, 0.717) is 48.1 Å². The number of hydrogen-bond donors (Lipinski definition) is 2. The van der Waals surface area contributed by atoms with Gasteiger partial charge in [-0.2, -0.15) is 4.37 Å². The Kier molecular flexibility index (Phi) is 6.46. The van der Waals surface area contributed by atoms with Crippen molar-refractivity contribution in [3.63, 3.8) is 0 Å². The summed E-state index contributed by atoms with van der Waals surface area (Å²) in [7, 11) is 0. The van der Waals surface area contributed by atoms with Gasteiger partial charge in [-0.1, -0.05) is 13.8 Å². The van der Waals surface area contributed by atoms with Crippen molar-refractivity contribution < 1.29 is 14.3 Å². The number of rotatable bonds is 6. The zero-order chi connectivity index (χ0) is 19.2. The molecule has 1 aromatic carbocycles. The second kappa shape index (κ2) is 9.01. The first-order chi connectivity index (χ1) is 13.0. The SMILES string of the molecule is Cc1nsc(NC(=O)Nc2ccc(N3CCOCC3)cc2OCC(C)C)n1. The van der Waals surface area contributed by atoms with Crippen LogP contribution in [-0.2, 0) is 4.74 Å². The van der Waals surface area contributed by atoms with E-state index < -0.39 is 0 Å². The molecule has 1 fully saturated rings. The van der Waals surface area contributed by atoms with Crippen molar-refractivity contribution in [1.29, 1.82) is 0 Å². The predicted octanol–water partition coefficient (Wildman–Crippen LogP) is 3.36. The highest BCUT2D eigenvalue weighted by molar-refractivity contribution is 7.09. The molecule has 8 nitrogen and oxygen atoms in total. The average Bonchev–Trinajstić information content (AvgIpc) is 3.06. The summed E-state index contributed by atoms with van der Waals surface area (Å²) in [6, 6.07) is 5.45. The topological polar surface area (TPSA) is 88.6 Å². The normalized spacial score (nSPS) is 14.3. The number of morpholine rings is 1. The fourth-order valence-electron chi connectivity index (χ4n) is 2.61. The summed E-state index contributed by atoms with van der Waals surface area (Å²) in [5, 5.41) is 5.99. The number of amides is 2. The number of urea groups is 1. The van der Waals surface area contributed by atoms with Crippen LogP contribution in [0.4, 0.5) is 21.3 Å². The first-order valence-electron chi connectivity index (χ1n) is 8.99. The molecule has 0 atom stereocenters. The van der Waals surface area contributed by atoms with Crippen molar-refractivity contribution in [1.82, 2.24) is 9.36 Å². The average molecular weight is 391 g/mol. The summed E-state index contributed by atoms with van der Waals surface area (Å²) in [4.78, 5) is 18.7. The predicted molar refractivity (Wildman–Crippen MR) is 107 cm³/mol. The summed E-state index contributed by atoms with van der Waals surface area (Å²) < 4.78 is 15.4. The quantitative estimate of drug-likeness (QED) is 0.785. The zero-order valence-corrected chi connectivity index (χ0v) is 16.6. The lowest BCUT2D eigenvalue weighted by Crippen LogP contribution is -2.36. The number of benzene rings is 1. The Labute approximate surface area is 163 Å². The van der Waals surface area contributed by atoms with Gasteiger partial charge in [-0.05, 0) is 25.0 Å². The highest BCUT2D eigenvalue weighted by atomic mass is 32.1. The number of aromatic nitrogens is 2. The van der Waals surface area contributed by atoms with E-state index >= 15 is 0 Å². The largest absolute Gasteiger partial charge is 0.491 e. The van der Waals surface area contributed by atoms with Crippen LogP contribution in [0.2, 0.25) is 0 Å².